The standard InChI is InChI=1S/C47H41BrN4O4/c1-47(24-11-25-48)44-39-20-8-5-17-36(39)37-18-6-9-21-40(37)45(44)52(27-23-43(55)56)46(47)32(29-49)13-10-14-33(50)30-51(26-22-42(53)54)41-28-31-12-2-3-15-34(31)35-16-4-7-19-38(35)41/h2-21,25,30,41H,22-24,26-28,50H2,1H3,(H-,53,54,55,56)/p+1/b25-11+. The van der Waals surface area contributed by atoms with Crippen LogP contribution in [-0.4, -0.2) is 46.0 Å². The minimum absolute atomic E-state index is 0.0673. The molecule has 1 heterocycles. The largest absolute Gasteiger partial charge is 0.481 e. The first-order chi connectivity index (χ1) is 27.2. The number of hydrogen-bond acceptors (Lipinski definition) is 5. The van der Waals surface area contributed by atoms with Gasteiger partial charge in [0, 0.05) is 35.0 Å². The molecule has 5 aromatic rings. The quantitative estimate of drug-likeness (QED) is 0.0377. The van der Waals surface area contributed by atoms with Crippen molar-refractivity contribution in [2.24, 2.45) is 5.73 Å². The van der Waals surface area contributed by atoms with Crippen molar-refractivity contribution in [1.82, 2.24) is 0 Å². The Morgan fingerprint density at radius 3 is 2.23 bits per heavy atom. The second-order valence-electron chi connectivity index (χ2n) is 14.4. The number of hydrogen-bond donors (Lipinski definition) is 3. The van der Waals surface area contributed by atoms with Crippen LogP contribution in [0.4, 0.5) is 5.69 Å². The van der Waals surface area contributed by atoms with E-state index in [1.807, 2.05) is 69.1 Å². The molecule has 5 aromatic carbocycles. The fourth-order valence-corrected chi connectivity index (χ4v) is 8.83. The Kier molecular flexibility index (Phi) is 11.0. The second kappa shape index (κ2) is 16.2. The molecule has 0 fully saturated rings. The van der Waals surface area contributed by atoms with Crippen LogP contribution >= 0.6 is 15.9 Å². The SMILES string of the molecule is CC1(C/C=C/Br)C(=C(C#N)C=CC=C(N)C=[N+](CCC(=O)O)C2Cc3ccccc3-c3ccccc32)N(CCC(=O)O)c2c1c1ccccc1c1ccccc21. The lowest BCUT2D eigenvalue weighted by atomic mass is 9.74. The van der Waals surface area contributed by atoms with Crippen LogP contribution in [0.1, 0.15) is 48.9 Å². The number of nitrogens with zero attached hydrogens (tertiary/aromatic N) is 3. The van der Waals surface area contributed by atoms with Gasteiger partial charge >= 0.3 is 11.9 Å². The topological polar surface area (TPSA) is 131 Å². The third-order valence-electron chi connectivity index (χ3n) is 11.0. The molecule has 9 heteroatoms. The van der Waals surface area contributed by atoms with E-state index < -0.39 is 17.4 Å². The average Bonchev–Trinajstić information content (AvgIpc) is 3.47. The summed E-state index contributed by atoms with van der Waals surface area (Å²) in [5.74, 6) is -1.83. The average molecular weight is 807 g/mol. The monoisotopic (exact) mass is 805 g/mol. The highest BCUT2D eigenvalue weighted by Gasteiger charge is 2.47. The van der Waals surface area contributed by atoms with Crippen LogP contribution in [0.15, 0.2) is 143 Å². The lowest BCUT2D eigenvalue weighted by Crippen LogP contribution is -2.31. The van der Waals surface area contributed by atoms with Gasteiger partial charge in [0.1, 0.15) is 12.5 Å². The molecule has 4 N–H and O–H groups in total. The van der Waals surface area contributed by atoms with Crippen molar-refractivity contribution in [1.29, 1.82) is 5.26 Å². The minimum atomic E-state index is -0.929. The first-order valence-corrected chi connectivity index (χ1v) is 19.5. The van der Waals surface area contributed by atoms with Crippen LogP contribution in [0, 0.1) is 11.3 Å². The van der Waals surface area contributed by atoms with Crippen molar-refractivity contribution in [3.63, 3.8) is 0 Å². The van der Waals surface area contributed by atoms with Crippen molar-refractivity contribution in [2.75, 3.05) is 18.0 Å². The van der Waals surface area contributed by atoms with Crippen LogP contribution in [0.3, 0.4) is 0 Å². The van der Waals surface area contributed by atoms with Crippen molar-refractivity contribution in [2.45, 2.75) is 44.1 Å². The van der Waals surface area contributed by atoms with E-state index in [1.165, 1.54) is 11.1 Å². The predicted molar refractivity (Wildman–Crippen MR) is 227 cm³/mol. The van der Waals surface area contributed by atoms with Crippen LogP contribution in [0.25, 0.3) is 32.7 Å². The summed E-state index contributed by atoms with van der Waals surface area (Å²) >= 11 is 3.46. The molecule has 0 saturated carbocycles. The molecule has 280 valence electrons. The Bertz CT molecular complexity index is 2580. The van der Waals surface area contributed by atoms with E-state index in [0.717, 1.165) is 49.6 Å². The maximum absolute atomic E-state index is 12.1. The number of carboxylic acid groups (broad SMARTS) is 2. The third kappa shape index (κ3) is 7.16. The van der Waals surface area contributed by atoms with Gasteiger partial charge < -0.3 is 20.8 Å². The lowest BCUT2D eigenvalue weighted by Gasteiger charge is -2.30. The Morgan fingerprint density at radius 2 is 1.54 bits per heavy atom. The summed E-state index contributed by atoms with van der Waals surface area (Å²) in [5.41, 5.74) is 14.0. The summed E-state index contributed by atoms with van der Waals surface area (Å²) in [4.78, 5) is 27.7. The van der Waals surface area contributed by atoms with Gasteiger partial charge in [0.25, 0.3) is 0 Å². The molecule has 1 aliphatic carbocycles. The molecule has 0 spiro atoms. The molecule has 0 amide bonds. The zero-order chi connectivity index (χ0) is 39.4. The molecular weight excluding hydrogens is 764 g/mol. The van der Waals surface area contributed by atoms with E-state index >= 15 is 0 Å². The number of benzene rings is 5. The van der Waals surface area contributed by atoms with Gasteiger partial charge in [-0.1, -0.05) is 125 Å². The van der Waals surface area contributed by atoms with Gasteiger partial charge in [-0.3, -0.25) is 9.59 Å². The van der Waals surface area contributed by atoms with Crippen LogP contribution in [0.2, 0.25) is 0 Å². The number of rotatable bonds is 12. The number of anilines is 1. The molecule has 56 heavy (non-hydrogen) atoms. The normalized spacial score (nSPS) is 18.9. The highest BCUT2D eigenvalue weighted by atomic mass is 79.9. The number of halogens is 1. The third-order valence-corrected chi connectivity index (χ3v) is 11.3. The fourth-order valence-electron chi connectivity index (χ4n) is 8.64. The zero-order valence-corrected chi connectivity index (χ0v) is 32.6. The minimum Gasteiger partial charge on any atom is -0.481 e. The summed E-state index contributed by atoms with van der Waals surface area (Å²) in [6.07, 6.45) is 10.1. The molecule has 8 nitrogen and oxygen atoms in total. The molecule has 0 bridgehead atoms. The molecule has 0 radical (unpaired) electrons. The number of nitriles is 1. The van der Waals surface area contributed by atoms with Crippen LogP contribution < -0.4 is 10.6 Å². The molecule has 7 rings (SSSR count). The van der Waals surface area contributed by atoms with E-state index in [4.69, 9.17) is 5.73 Å². The number of carboxylic acids is 2. The number of aliphatic carboxylic acids is 2. The van der Waals surface area contributed by atoms with Gasteiger partial charge in [0.2, 0.25) is 0 Å². The fraction of sp³-hybridized carbons (Fsp3) is 0.191. The number of nitrogens with two attached hydrogens (primary N) is 1. The maximum atomic E-state index is 12.1. The first kappa shape index (κ1) is 38.1. The first-order valence-electron chi connectivity index (χ1n) is 18.6. The molecule has 2 atom stereocenters. The number of carbonyl (C=O) groups is 2. The van der Waals surface area contributed by atoms with Gasteiger partial charge in [0.05, 0.1) is 23.4 Å². The van der Waals surface area contributed by atoms with Gasteiger partial charge in [-0.15, -0.1) is 0 Å². The van der Waals surface area contributed by atoms with Gasteiger partial charge in [-0.2, -0.15) is 5.26 Å². The summed E-state index contributed by atoms with van der Waals surface area (Å²) < 4.78 is 2.01. The highest BCUT2D eigenvalue weighted by Crippen LogP contribution is 2.57. The number of allylic oxidation sites excluding steroid dienone is 7. The smallest absolute Gasteiger partial charge is 0.309 e. The molecule has 0 aromatic heterocycles. The van der Waals surface area contributed by atoms with Crippen molar-refractivity contribution >= 4 is 61.3 Å². The molecule has 1 aliphatic heterocycles. The van der Waals surface area contributed by atoms with Gasteiger partial charge in [-0.05, 0) is 68.9 Å². The lowest BCUT2D eigenvalue weighted by molar-refractivity contribution is -0.567. The second-order valence-corrected chi connectivity index (χ2v) is 14.9. The Balaban J connectivity index is 1.35. The summed E-state index contributed by atoms with van der Waals surface area (Å²) in [6.45, 7) is 2.54. The summed E-state index contributed by atoms with van der Waals surface area (Å²) in [6, 6.07) is 35.2. The van der Waals surface area contributed by atoms with Crippen LogP contribution in [0.5, 0.6) is 0 Å². The Hall–Kier alpha value is -6.24. The Morgan fingerprint density at radius 1 is 0.911 bits per heavy atom. The maximum Gasteiger partial charge on any atom is 0.309 e. The van der Waals surface area contributed by atoms with Gasteiger partial charge in [0.15, 0.2) is 18.8 Å². The highest BCUT2D eigenvalue weighted by molar-refractivity contribution is 9.11. The van der Waals surface area contributed by atoms with Crippen LogP contribution in [-0.2, 0) is 21.4 Å². The van der Waals surface area contributed by atoms with E-state index in [9.17, 15) is 25.1 Å². The molecular formula is C47H42BrN4O4+. The van der Waals surface area contributed by atoms with E-state index in [0.29, 0.717) is 24.1 Å². The molecule has 0 saturated heterocycles. The Labute approximate surface area is 334 Å². The predicted octanol–water partition coefficient (Wildman–Crippen LogP) is 9.54. The molecule has 2 unspecified atom stereocenters. The van der Waals surface area contributed by atoms with Crippen molar-refractivity contribution < 1.29 is 24.4 Å². The molecule has 2 aliphatic rings. The number of fused-ring (bicyclic) bond motifs is 9. The summed E-state index contributed by atoms with van der Waals surface area (Å²) in [7, 11) is 0. The van der Waals surface area contributed by atoms with Gasteiger partial charge in [-0.25, -0.2) is 4.58 Å². The summed E-state index contributed by atoms with van der Waals surface area (Å²) in [5, 5.41) is 34.6. The van der Waals surface area contributed by atoms with Crippen molar-refractivity contribution in [3.05, 3.63) is 160 Å². The zero-order valence-electron chi connectivity index (χ0n) is 31.0. The van der Waals surface area contributed by atoms with Crippen molar-refractivity contribution in [3.8, 4) is 17.2 Å². The van der Waals surface area contributed by atoms with E-state index in [2.05, 4.69) is 77.5 Å². The van der Waals surface area contributed by atoms with E-state index in [1.54, 1.807) is 24.4 Å². The van der Waals surface area contributed by atoms with E-state index in [-0.39, 0.29) is 32.0 Å².